The predicted molar refractivity (Wildman–Crippen MR) is 229 cm³/mol. The van der Waals surface area contributed by atoms with Crippen LogP contribution in [-0.4, -0.2) is 120 Å². The average Bonchev–Trinajstić information content (AvgIpc) is 4.10. The number of carbonyl (C=O) groups is 4. The van der Waals surface area contributed by atoms with E-state index < -0.39 is 24.3 Å². The normalized spacial score (nSPS) is 20.5. The summed E-state index contributed by atoms with van der Waals surface area (Å²) in [5.41, 5.74) is 6.42. The Balaban J connectivity index is 1.05. The summed E-state index contributed by atoms with van der Waals surface area (Å²) in [4.78, 5) is 72.5. The lowest BCUT2D eigenvalue weighted by Gasteiger charge is -2.32. The quantitative estimate of drug-likeness (QED) is 0.115. The second-order valence-corrected chi connectivity index (χ2v) is 16.7. The fourth-order valence-electron chi connectivity index (χ4n) is 9.29. The van der Waals surface area contributed by atoms with E-state index in [1.165, 1.54) is 21.3 Å². The minimum Gasteiger partial charge on any atom is -0.488 e. The van der Waals surface area contributed by atoms with Gasteiger partial charge in [0.15, 0.2) is 0 Å². The number of aromatic amines is 2. The highest BCUT2D eigenvalue weighted by molar-refractivity contribution is 6.07. The van der Waals surface area contributed by atoms with E-state index in [0.29, 0.717) is 37.8 Å². The molecule has 4 N–H and O–H groups in total. The Labute approximate surface area is 359 Å². The van der Waals surface area contributed by atoms with Crippen molar-refractivity contribution in [2.24, 2.45) is 11.8 Å². The van der Waals surface area contributed by atoms with E-state index in [0.717, 1.165) is 68.3 Å². The molecule has 2 fully saturated rings. The van der Waals surface area contributed by atoms with Crippen LogP contribution in [0.25, 0.3) is 44.2 Å². The molecule has 0 saturated carbocycles. The minimum atomic E-state index is -0.938. The fraction of sp³-hybridized carbons (Fsp3) is 0.467. The third-order valence-corrected chi connectivity index (χ3v) is 12.4. The van der Waals surface area contributed by atoms with Gasteiger partial charge in [0.05, 0.1) is 62.4 Å². The van der Waals surface area contributed by atoms with Gasteiger partial charge < -0.3 is 54.1 Å². The van der Waals surface area contributed by atoms with E-state index in [1.54, 1.807) is 18.2 Å². The first-order valence-corrected chi connectivity index (χ1v) is 21.0. The number of imidazole rings is 2. The van der Waals surface area contributed by atoms with E-state index in [2.05, 4.69) is 50.9 Å². The van der Waals surface area contributed by atoms with Crippen molar-refractivity contribution in [1.29, 1.82) is 0 Å². The van der Waals surface area contributed by atoms with Gasteiger partial charge in [-0.25, -0.2) is 19.6 Å². The number of nitrogens with zero attached hydrogens (tertiary/aromatic N) is 4. The maximum atomic E-state index is 13.9. The number of alkyl carbamates (subject to hydrolysis) is 2. The van der Waals surface area contributed by atoms with Crippen molar-refractivity contribution in [2.45, 2.75) is 76.8 Å². The first kappa shape index (κ1) is 42.5. The molecular weight excluding hydrogens is 797 g/mol. The summed E-state index contributed by atoms with van der Waals surface area (Å²) in [5.74, 6) is 1.56. The molecule has 3 aliphatic heterocycles. The first-order valence-electron chi connectivity index (χ1n) is 21.0. The molecule has 328 valence electrons. The summed E-state index contributed by atoms with van der Waals surface area (Å²) >= 11 is 0. The highest BCUT2D eigenvalue weighted by Crippen LogP contribution is 2.44. The van der Waals surface area contributed by atoms with Crippen molar-refractivity contribution in [3.05, 3.63) is 65.9 Å². The smallest absolute Gasteiger partial charge is 0.407 e. The molecule has 17 heteroatoms. The topological polar surface area (TPSA) is 202 Å². The Hall–Kier alpha value is -6.20. The Morgan fingerprint density at radius 1 is 0.887 bits per heavy atom. The molecule has 2 aromatic heterocycles. The average molecular weight is 851 g/mol. The molecule has 0 bridgehead atoms. The predicted octanol–water partition coefficient (Wildman–Crippen LogP) is 6.01. The number of hydrogen-bond donors (Lipinski definition) is 4. The maximum Gasteiger partial charge on any atom is 0.407 e. The van der Waals surface area contributed by atoms with Crippen molar-refractivity contribution < 1.29 is 42.9 Å². The Kier molecular flexibility index (Phi) is 12.1. The molecule has 6 unspecified atom stereocenters. The summed E-state index contributed by atoms with van der Waals surface area (Å²) in [6, 6.07) is 12.2. The van der Waals surface area contributed by atoms with E-state index >= 15 is 0 Å². The fourth-order valence-corrected chi connectivity index (χ4v) is 9.29. The third kappa shape index (κ3) is 8.01. The summed E-state index contributed by atoms with van der Waals surface area (Å²) < 4.78 is 26.8. The summed E-state index contributed by atoms with van der Waals surface area (Å²) in [5, 5.41) is 7.23. The van der Waals surface area contributed by atoms with Gasteiger partial charge >= 0.3 is 12.2 Å². The standard InChI is InChI=1S/C45H54N8O9/c1-23(2)38(51-45(57)61-7)43(55)53-24(3)8-13-35(53)40-46-18-33(48-40)27-9-11-29-28(15-27)21-62-37-17-30-26(16-31(29)37)10-12-32-39(30)50-41(47-32)36-14-25(20-58-4)19-52(36)42(54)34(22-59-5)49-44(56)60-6/h9-12,15-18,23-25,34-36,38H,8,13-14,19-22H2,1-7H3,(H,46,48)(H,47,50)(H,49,56)(H,51,57). The molecule has 0 spiro atoms. The van der Waals surface area contributed by atoms with Crippen LogP contribution < -0.4 is 15.4 Å². The molecular formula is C45H54N8O9. The monoisotopic (exact) mass is 850 g/mol. The summed E-state index contributed by atoms with van der Waals surface area (Å²) in [7, 11) is 5.66. The number of methoxy groups -OCH3 is 4. The van der Waals surface area contributed by atoms with Crippen LogP contribution >= 0.6 is 0 Å². The van der Waals surface area contributed by atoms with Crippen LogP contribution in [0.4, 0.5) is 9.59 Å². The largest absolute Gasteiger partial charge is 0.488 e. The molecule has 5 aromatic rings. The number of ether oxygens (including phenoxy) is 5. The zero-order chi connectivity index (χ0) is 43.8. The number of carbonyl (C=O) groups excluding carboxylic acids is 4. The van der Waals surface area contributed by atoms with Gasteiger partial charge in [-0.2, -0.15) is 0 Å². The first-order chi connectivity index (χ1) is 29.9. The van der Waals surface area contributed by atoms with Crippen LogP contribution in [0, 0.1) is 11.8 Å². The molecule has 0 aliphatic carbocycles. The van der Waals surface area contributed by atoms with Gasteiger partial charge in [-0.15, -0.1) is 0 Å². The van der Waals surface area contributed by atoms with Crippen molar-refractivity contribution in [3.8, 4) is 28.1 Å². The lowest BCUT2D eigenvalue weighted by molar-refractivity contribution is -0.137. The van der Waals surface area contributed by atoms with Crippen LogP contribution in [0.15, 0.2) is 48.7 Å². The number of nitrogens with one attached hydrogen (secondary N) is 4. The highest BCUT2D eigenvalue weighted by atomic mass is 16.5. The van der Waals surface area contributed by atoms with Crippen LogP contribution in [0.3, 0.4) is 0 Å². The molecule has 0 radical (unpaired) electrons. The van der Waals surface area contributed by atoms with Crippen molar-refractivity contribution in [2.75, 3.05) is 48.2 Å². The van der Waals surface area contributed by atoms with Gasteiger partial charge in [0, 0.05) is 43.7 Å². The van der Waals surface area contributed by atoms with Gasteiger partial charge in [0.2, 0.25) is 11.8 Å². The van der Waals surface area contributed by atoms with Gasteiger partial charge in [-0.05, 0) is 78.4 Å². The third-order valence-electron chi connectivity index (χ3n) is 12.4. The van der Waals surface area contributed by atoms with E-state index in [4.69, 9.17) is 33.7 Å². The molecule has 8 rings (SSSR count). The SMILES string of the molecule is COCC1CC(c2nc3c(ccc4cc5c(cc43)OCc3cc(-c4cnc(C6CCC(C)N6C(=O)C(NC(=O)OC)C(C)C)[nH]4)ccc3-5)[nH]2)N(C(=O)C(COC)NC(=O)OC)C1. The number of H-pyrrole nitrogens is 2. The van der Waals surface area contributed by atoms with Crippen LogP contribution in [0.1, 0.15) is 69.3 Å². The Morgan fingerprint density at radius 2 is 1.68 bits per heavy atom. The second-order valence-electron chi connectivity index (χ2n) is 16.7. The van der Waals surface area contributed by atoms with Crippen molar-refractivity contribution in [1.82, 2.24) is 40.4 Å². The summed E-state index contributed by atoms with van der Waals surface area (Å²) in [6.07, 6.45) is 2.64. The van der Waals surface area contributed by atoms with Gasteiger partial charge in [0.25, 0.3) is 0 Å². The molecule has 4 amide bonds. The van der Waals surface area contributed by atoms with E-state index in [-0.39, 0.29) is 48.4 Å². The van der Waals surface area contributed by atoms with Gasteiger partial charge in [-0.3, -0.25) is 9.59 Å². The zero-order valence-electron chi connectivity index (χ0n) is 36.1. The molecule has 17 nitrogen and oxygen atoms in total. The second kappa shape index (κ2) is 17.6. The van der Waals surface area contributed by atoms with E-state index in [1.807, 2.05) is 37.8 Å². The number of aromatic nitrogens is 4. The van der Waals surface area contributed by atoms with Gasteiger partial charge in [-0.1, -0.05) is 32.0 Å². The number of hydrogen-bond acceptors (Lipinski definition) is 11. The van der Waals surface area contributed by atoms with Crippen molar-refractivity contribution >= 4 is 45.8 Å². The number of amides is 4. The van der Waals surface area contributed by atoms with Crippen molar-refractivity contribution in [3.63, 3.8) is 0 Å². The number of rotatable bonds is 12. The van der Waals surface area contributed by atoms with E-state index in [9.17, 15) is 19.2 Å². The maximum absolute atomic E-state index is 13.9. The van der Waals surface area contributed by atoms with Crippen LogP contribution in [0.5, 0.6) is 5.75 Å². The molecule has 3 aromatic carbocycles. The highest BCUT2D eigenvalue weighted by Gasteiger charge is 2.42. The molecule has 6 atom stereocenters. The molecule has 2 saturated heterocycles. The number of fused-ring (bicyclic) bond motifs is 6. The zero-order valence-corrected chi connectivity index (χ0v) is 36.1. The van der Waals surface area contributed by atoms with Crippen LogP contribution in [-0.2, 0) is 35.1 Å². The van der Waals surface area contributed by atoms with Gasteiger partial charge in [0.1, 0.15) is 36.1 Å². The Bertz CT molecular complexity index is 2500. The number of benzene rings is 3. The lowest BCUT2D eigenvalue weighted by Crippen LogP contribution is -2.52. The molecule has 5 heterocycles. The van der Waals surface area contributed by atoms with Crippen LogP contribution in [0.2, 0.25) is 0 Å². The summed E-state index contributed by atoms with van der Waals surface area (Å²) in [6.45, 7) is 7.07. The Morgan fingerprint density at radius 3 is 2.42 bits per heavy atom. The lowest BCUT2D eigenvalue weighted by atomic mass is 9.92. The molecule has 62 heavy (non-hydrogen) atoms. The number of likely N-dealkylation sites (tertiary alicyclic amines) is 2. The molecule has 3 aliphatic rings. The minimum absolute atomic E-state index is 0.0164.